The van der Waals surface area contributed by atoms with Crippen LogP contribution in [0.1, 0.15) is 10.4 Å². The zero-order valence-corrected chi connectivity index (χ0v) is 19.1. The van der Waals surface area contributed by atoms with E-state index in [4.69, 9.17) is 4.52 Å². The molecule has 4 aromatic rings. The van der Waals surface area contributed by atoms with Crippen molar-refractivity contribution in [2.75, 3.05) is 37.6 Å². The van der Waals surface area contributed by atoms with Crippen LogP contribution in [-0.2, 0) is 18.9 Å². The lowest BCUT2D eigenvalue weighted by molar-refractivity contribution is -0.645. The van der Waals surface area contributed by atoms with Gasteiger partial charge in [0.25, 0.3) is 5.91 Å². The molecule has 1 fully saturated rings. The van der Waals surface area contributed by atoms with Gasteiger partial charge in [0.1, 0.15) is 0 Å². The van der Waals surface area contributed by atoms with Gasteiger partial charge in [-0.25, -0.2) is 9.13 Å². The topological polar surface area (TPSA) is 100 Å². The predicted molar refractivity (Wildman–Crippen MR) is 125 cm³/mol. The van der Waals surface area contributed by atoms with Gasteiger partial charge < -0.3 is 19.6 Å². The summed E-state index contributed by atoms with van der Waals surface area (Å²) >= 11 is 0. The van der Waals surface area contributed by atoms with E-state index in [1.807, 2.05) is 49.6 Å². The average Bonchev–Trinajstić information content (AvgIpc) is 3.47. The summed E-state index contributed by atoms with van der Waals surface area (Å²) in [6, 6.07) is 15.4. The second-order valence-electron chi connectivity index (χ2n) is 8.36. The van der Waals surface area contributed by atoms with Crippen LogP contribution in [0.5, 0.6) is 0 Å². The molecule has 5 rings (SSSR count). The molecule has 0 spiro atoms. The van der Waals surface area contributed by atoms with E-state index in [9.17, 15) is 9.59 Å². The lowest BCUT2D eigenvalue weighted by Gasteiger charge is -2.33. The van der Waals surface area contributed by atoms with Gasteiger partial charge in [-0.15, -0.1) is 0 Å². The zero-order chi connectivity index (χ0) is 23.7. The molecule has 1 aliphatic heterocycles. The molecule has 0 radical (unpaired) electrons. The molecule has 3 heterocycles. The number of nitrogens with zero attached hydrogens (tertiary/aromatic N) is 6. The van der Waals surface area contributed by atoms with E-state index in [1.54, 1.807) is 29.2 Å². The van der Waals surface area contributed by atoms with Gasteiger partial charge in [0.15, 0.2) is 11.0 Å². The number of piperazine rings is 1. The maximum Gasteiger partial charge on any atom is 0.324 e. The van der Waals surface area contributed by atoms with E-state index in [2.05, 4.69) is 24.6 Å². The molecule has 0 saturated carbocycles. The summed E-state index contributed by atoms with van der Waals surface area (Å²) in [5.74, 6) is 0.162. The Morgan fingerprint density at radius 2 is 1.85 bits per heavy atom. The van der Waals surface area contributed by atoms with Crippen LogP contribution in [0, 0.1) is 0 Å². The SMILES string of the molecule is Cn1c[n+](C)c2ccc(-c3noc(N4CCN(C(=O)CNC(=O)c5ccccc5)CC4)n3)cc21. The first-order valence-electron chi connectivity index (χ1n) is 11.1. The van der Waals surface area contributed by atoms with Crippen LogP contribution in [0.25, 0.3) is 22.4 Å². The number of benzene rings is 2. The molecule has 10 heteroatoms. The van der Waals surface area contributed by atoms with Crippen molar-refractivity contribution in [2.45, 2.75) is 0 Å². The molecule has 0 aliphatic carbocycles. The normalized spacial score (nSPS) is 13.9. The van der Waals surface area contributed by atoms with Gasteiger partial charge in [0.2, 0.25) is 18.1 Å². The molecule has 1 N–H and O–H groups in total. The summed E-state index contributed by atoms with van der Waals surface area (Å²) in [6.45, 7) is 2.16. The maximum atomic E-state index is 12.5. The first-order valence-corrected chi connectivity index (χ1v) is 11.1. The van der Waals surface area contributed by atoms with Crippen molar-refractivity contribution in [1.82, 2.24) is 24.9 Å². The Morgan fingerprint density at radius 3 is 2.62 bits per heavy atom. The molecule has 1 saturated heterocycles. The van der Waals surface area contributed by atoms with E-state index < -0.39 is 0 Å². The second kappa shape index (κ2) is 8.97. The van der Waals surface area contributed by atoms with Crippen molar-refractivity contribution < 1.29 is 18.7 Å². The van der Waals surface area contributed by atoms with Crippen molar-refractivity contribution in [3.05, 3.63) is 60.4 Å². The number of aromatic nitrogens is 4. The van der Waals surface area contributed by atoms with E-state index in [-0.39, 0.29) is 18.4 Å². The molecular weight excluding hydrogens is 434 g/mol. The molecular formula is C24H26N7O3+. The minimum atomic E-state index is -0.256. The lowest BCUT2D eigenvalue weighted by Crippen LogP contribution is -2.51. The fraction of sp³-hybridized carbons (Fsp3) is 0.292. The van der Waals surface area contributed by atoms with Crippen LogP contribution in [0.4, 0.5) is 6.01 Å². The minimum Gasteiger partial charge on any atom is -0.343 e. The Hall–Kier alpha value is -4.21. The van der Waals surface area contributed by atoms with E-state index in [1.165, 1.54) is 0 Å². The number of hydrogen-bond donors (Lipinski definition) is 1. The van der Waals surface area contributed by atoms with Crippen LogP contribution in [0.15, 0.2) is 59.4 Å². The Balaban J connectivity index is 1.17. The number of amides is 2. The maximum absolute atomic E-state index is 12.5. The molecule has 0 atom stereocenters. The molecule has 2 aromatic carbocycles. The third-order valence-electron chi connectivity index (χ3n) is 6.09. The molecule has 2 amide bonds. The average molecular weight is 461 g/mol. The summed E-state index contributed by atoms with van der Waals surface area (Å²) in [4.78, 5) is 33.0. The molecule has 34 heavy (non-hydrogen) atoms. The molecule has 174 valence electrons. The van der Waals surface area contributed by atoms with Gasteiger partial charge in [-0.1, -0.05) is 23.4 Å². The molecule has 10 nitrogen and oxygen atoms in total. The van der Waals surface area contributed by atoms with Crippen LogP contribution in [-0.4, -0.2) is 64.1 Å². The Kier molecular flexibility index (Phi) is 5.70. The second-order valence-corrected chi connectivity index (χ2v) is 8.36. The highest BCUT2D eigenvalue weighted by atomic mass is 16.5. The summed E-state index contributed by atoms with van der Waals surface area (Å²) in [7, 11) is 4.01. The fourth-order valence-corrected chi connectivity index (χ4v) is 4.20. The summed E-state index contributed by atoms with van der Waals surface area (Å²) in [5.41, 5.74) is 3.62. The van der Waals surface area contributed by atoms with Gasteiger partial charge in [0.05, 0.1) is 20.6 Å². The standard InChI is InChI=1S/C24H25N7O3/c1-28-16-29(2)20-14-18(8-9-19(20)28)22-26-24(34-27-22)31-12-10-30(11-13-31)21(32)15-25-23(33)17-6-4-3-5-7-17/h3-9,14,16H,10-13,15H2,1-2H3/p+1. The van der Waals surface area contributed by atoms with Gasteiger partial charge in [-0.05, 0) is 24.3 Å². The quantitative estimate of drug-likeness (QED) is 0.448. The third kappa shape index (κ3) is 4.21. The first kappa shape index (κ1) is 21.6. The van der Waals surface area contributed by atoms with Crippen molar-refractivity contribution in [3.8, 4) is 11.4 Å². The van der Waals surface area contributed by atoms with Gasteiger partial charge in [-0.2, -0.15) is 4.98 Å². The van der Waals surface area contributed by atoms with Crippen LogP contribution < -0.4 is 14.8 Å². The fourth-order valence-electron chi connectivity index (χ4n) is 4.20. The van der Waals surface area contributed by atoms with Crippen molar-refractivity contribution in [2.24, 2.45) is 14.1 Å². The van der Waals surface area contributed by atoms with Crippen molar-refractivity contribution >= 4 is 28.9 Å². The Bertz CT molecular complexity index is 1340. The molecule has 1 aliphatic rings. The largest absolute Gasteiger partial charge is 0.343 e. The minimum absolute atomic E-state index is 0.0299. The molecule has 0 bridgehead atoms. The highest BCUT2D eigenvalue weighted by Crippen LogP contribution is 2.23. The number of carbonyl (C=O) groups is 2. The molecule has 2 aromatic heterocycles. The summed E-state index contributed by atoms with van der Waals surface area (Å²) < 4.78 is 9.64. The van der Waals surface area contributed by atoms with Gasteiger partial charge in [-0.3, -0.25) is 9.59 Å². The number of fused-ring (bicyclic) bond motifs is 1. The van der Waals surface area contributed by atoms with Crippen molar-refractivity contribution in [3.63, 3.8) is 0 Å². The number of rotatable bonds is 5. The number of hydrogen-bond acceptors (Lipinski definition) is 6. The van der Waals surface area contributed by atoms with Crippen LogP contribution >= 0.6 is 0 Å². The highest BCUT2D eigenvalue weighted by molar-refractivity contribution is 5.96. The first-order chi connectivity index (χ1) is 16.5. The number of anilines is 1. The predicted octanol–water partition coefficient (Wildman–Crippen LogP) is 1.13. The summed E-state index contributed by atoms with van der Waals surface area (Å²) in [6.07, 6.45) is 2.02. The third-order valence-corrected chi connectivity index (χ3v) is 6.09. The zero-order valence-electron chi connectivity index (χ0n) is 19.1. The monoisotopic (exact) mass is 460 g/mol. The Morgan fingerprint density at radius 1 is 1.09 bits per heavy atom. The van der Waals surface area contributed by atoms with Crippen molar-refractivity contribution in [1.29, 1.82) is 0 Å². The Labute approximate surface area is 196 Å². The number of nitrogens with one attached hydrogen (secondary N) is 1. The summed E-state index contributed by atoms with van der Waals surface area (Å²) in [5, 5.41) is 6.86. The van der Waals surface area contributed by atoms with Gasteiger partial charge >= 0.3 is 6.01 Å². The van der Waals surface area contributed by atoms with Crippen LogP contribution in [0.2, 0.25) is 0 Å². The highest BCUT2D eigenvalue weighted by Gasteiger charge is 2.25. The molecule has 0 unspecified atom stereocenters. The van der Waals surface area contributed by atoms with Crippen LogP contribution in [0.3, 0.4) is 0 Å². The van der Waals surface area contributed by atoms with E-state index >= 15 is 0 Å². The number of carbonyl (C=O) groups excluding carboxylic acids is 2. The number of imidazole rings is 1. The smallest absolute Gasteiger partial charge is 0.324 e. The lowest BCUT2D eigenvalue weighted by atomic mass is 10.2. The number of aryl methyl sites for hydroxylation is 2. The van der Waals surface area contributed by atoms with E-state index in [0.29, 0.717) is 43.6 Å². The van der Waals surface area contributed by atoms with Gasteiger partial charge in [0, 0.05) is 43.4 Å². The van der Waals surface area contributed by atoms with E-state index in [0.717, 1.165) is 16.6 Å².